The van der Waals surface area contributed by atoms with Crippen LogP contribution in [0.1, 0.15) is 26.2 Å². The lowest BCUT2D eigenvalue weighted by atomic mass is 10.0. The van der Waals surface area contributed by atoms with Crippen molar-refractivity contribution in [2.24, 2.45) is 11.7 Å². The van der Waals surface area contributed by atoms with Gasteiger partial charge in [-0.2, -0.15) is 0 Å². The van der Waals surface area contributed by atoms with Crippen molar-refractivity contribution in [3.63, 3.8) is 0 Å². The van der Waals surface area contributed by atoms with Crippen LogP contribution in [0.3, 0.4) is 0 Å². The molecule has 2 unspecified atom stereocenters. The zero-order chi connectivity index (χ0) is 10.4. The van der Waals surface area contributed by atoms with Gasteiger partial charge in [-0.3, -0.25) is 4.79 Å². The molecule has 0 saturated carbocycles. The summed E-state index contributed by atoms with van der Waals surface area (Å²) < 4.78 is 5.26. The van der Waals surface area contributed by atoms with Gasteiger partial charge in [0.2, 0.25) is 5.91 Å². The van der Waals surface area contributed by atoms with Crippen LogP contribution in [0.15, 0.2) is 0 Å². The van der Waals surface area contributed by atoms with E-state index < -0.39 is 0 Å². The molecule has 0 aromatic rings. The molecule has 1 rings (SSSR count). The van der Waals surface area contributed by atoms with Crippen molar-refractivity contribution in [1.29, 1.82) is 0 Å². The Morgan fingerprint density at radius 2 is 2.50 bits per heavy atom. The zero-order valence-electron chi connectivity index (χ0n) is 8.79. The molecule has 82 valence electrons. The molecule has 1 heterocycles. The van der Waals surface area contributed by atoms with E-state index in [1.807, 2.05) is 6.92 Å². The van der Waals surface area contributed by atoms with Crippen LogP contribution in [-0.4, -0.2) is 31.7 Å². The topological polar surface area (TPSA) is 64.3 Å². The molecule has 1 aliphatic rings. The highest BCUT2D eigenvalue weighted by atomic mass is 16.5. The lowest BCUT2D eigenvalue weighted by Gasteiger charge is -2.23. The van der Waals surface area contributed by atoms with E-state index in [0.717, 1.165) is 25.9 Å². The summed E-state index contributed by atoms with van der Waals surface area (Å²) in [7, 11) is 0. The van der Waals surface area contributed by atoms with Crippen LogP contribution in [0.25, 0.3) is 0 Å². The van der Waals surface area contributed by atoms with Crippen molar-refractivity contribution < 1.29 is 9.53 Å². The Hall–Kier alpha value is -0.610. The van der Waals surface area contributed by atoms with Gasteiger partial charge in [0, 0.05) is 12.6 Å². The second-order valence-corrected chi connectivity index (χ2v) is 3.90. The van der Waals surface area contributed by atoms with E-state index in [0.29, 0.717) is 13.2 Å². The fourth-order valence-corrected chi connectivity index (χ4v) is 1.63. The predicted molar refractivity (Wildman–Crippen MR) is 54.8 cm³/mol. The number of carbonyl (C=O) groups is 1. The van der Waals surface area contributed by atoms with E-state index in [9.17, 15) is 4.79 Å². The molecule has 0 aromatic heterocycles. The Labute approximate surface area is 85.2 Å². The van der Waals surface area contributed by atoms with Crippen LogP contribution < -0.4 is 11.1 Å². The molecule has 1 aliphatic heterocycles. The quantitative estimate of drug-likeness (QED) is 0.684. The van der Waals surface area contributed by atoms with Crippen molar-refractivity contribution >= 4 is 5.91 Å². The van der Waals surface area contributed by atoms with Gasteiger partial charge in [-0.05, 0) is 32.7 Å². The largest absolute Gasteiger partial charge is 0.381 e. The van der Waals surface area contributed by atoms with Crippen molar-refractivity contribution in [1.82, 2.24) is 5.32 Å². The molecule has 0 spiro atoms. The monoisotopic (exact) mass is 200 g/mol. The highest BCUT2D eigenvalue weighted by Crippen LogP contribution is 2.13. The van der Waals surface area contributed by atoms with E-state index in [-0.39, 0.29) is 17.9 Å². The second-order valence-electron chi connectivity index (χ2n) is 3.90. The molecule has 4 heteroatoms. The summed E-state index contributed by atoms with van der Waals surface area (Å²) in [5.41, 5.74) is 5.41. The molecule has 14 heavy (non-hydrogen) atoms. The van der Waals surface area contributed by atoms with Gasteiger partial charge in [-0.25, -0.2) is 0 Å². The van der Waals surface area contributed by atoms with Crippen LogP contribution in [-0.2, 0) is 9.53 Å². The third kappa shape index (κ3) is 3.64. The molecule has 0 radical (unpaired) electrons. The molecule has 0 aromatic carbocycles. The molecule has 0 bridgehead atoms. The Balaban J connectivity index is 2.25. The molecule has 0 aliphatic carbocycles. The number of rotatable bonds is 4. The minimum atomic E-state index is 0.0453. The summed E-state index contributed by atoms with van der Waals surface area (Å²) in [5, 5.41) is 2.95. The van der Waals surface area contributed by atoms with Gasteiger partial charge in [0.05, 0.1) is 12.5 Å². The van der Waals surface area contributed by atoms with Gasteiger partial charge < -0.3 is 15.8 Å². The molecular weight excluding hydrogens is 180 g/mol. The van der Waals surface area contributed by atoms with E-state index in [1.165, 1.54) is 0 Å². The number of nitrogens with one attached hydrogen (secondary N) is 1. The number of amides is 1. The first-order valence-corrected chi connectivity index (χ1v) is 5.32. The summed E-state index contributed by atoms with van der Waals surface area (Å²) in [5.74, 6) is 0.162. The van der Waals surface area contributed by atoms with Crippen LogP contribution in [0.5, 0.6) is 0 Å². The Kier molecular flexibility index (Phi) is 4.90. The molecule has 1 saturated heterocycles. The van der Waals surface area contributed by atoms with Crippen molar-refractivity contribution in [2.45, 2.75) is 32.2 Å². The van der Waals surface area contributed by atoms with E-state index in [1.54, 1.807) is 0 Å². The average molecular weight is 200 g/mol. The van der Waals surface area contributed by atoms with Crippen molar-refractivity contribution in [3.05, 3.63) is 0 Å². The number of carbonyl (C=O) groups excluding carboxylic acids is 1. The minimum absolute atomic E-state index is 0.0453. The summed E-state index contributed by atoms with van der Waals surface area (Å²) in [6.45, 7) is 3.96. The molecule has 3 N–H and O–H groups in total. The second kappa shape index (κ2) is 5.98. The lowest BCUT2D eigenvalue weighted by molar-refractivity contribution is -0.129. The highest BCUT2D eigenvalue weighted by molar-refractivity contribution is 5.79. The first-order chi connectivity index (χ1) is 6.74. The van der Waals surface area contributed by atoms with E-state index in [2.05, 4.69) is 5.32 Å². The van der Waals surface area contributed by atoms with E-state index in [4.69, 9.17) is 10.5 Å². The molecule has 4 nitrogen and oxygen atoms in total. The fraction of sp³-hybridized carbons (Fsp3) is 0.900. The van der Waals surface area contributed by atoms with Gasteiger partial charge in [-0.1, -0.05) is 0 Å². The smallest absolute Gasteiger partial charge is 0.225 e. The first kappa shape index (κ1) is 11.5. The van der Waals surface area contributed by atoms with Gasteiger partial charge >= 0.3 is 0 Å². The van der Waals surface area contributed by atoms with Crippen molar-refractivity contribution in [3.8, 4) is 0 Å². The lowest BCUT2D eigenvalue weighted by Crippen LogP contribution is -2.41. The van der Waals surface area contributed by atoms with Crippen LogP contribution >= 0.6 is 0 Å². The average Bonchev–Trinajstić information content (AvgIpc) is 2.19. The third-order valence-electron chi connectivity index (χ3n) is 2.52. The maximum absolute atomic E-state index is 11.7. The Morgan fingerprint density at radius 1 is 1.71 bits per heavy atom. The fourth-order valence-electron chi connectivity index (χ4n) is 1.63. The maximum atomic E-state index is 11.7. The summed E-state index contributed by atoms with van der Waals surface area (Å²) >= 11 is 0. The Morgan fingerprint density at radius 3 is 3.07 bits per heavy atom. The molecular formula is C10H20N2O2. The summed E-state index contributed by atoms with van der Waals surface area (Å²) in [6, 6.07) is 0.175. The van der Waals surface area contributed by atoms with Crippen molar-refractivity contribution in [2.75, 3.05) is 19.8 Å². The molecule has 1 fully saturated rings. The van der Waals surface area contributed by atoms with Gasteiger partial charge in [0.1, 0.15) is 0 Å². The Bertz CT molecular complexity index is 179. The third-order valence-corrected chi connectivity index (χ3v) is 2.52. The minimum Gasteiger partial charge on any atom is -0.381 e. The SMILES string of the molecule is CC(CCN)NC(=O)C1CCCOC1. The highest BCUT2D eigenvalue weighted by Gasteiger charge is 2.22. The number of ether oxygens (including phenoxy) is 1. The van der Waals surface area contributed by atoms with Gasteiger partial charge in [0.15, 0.2) is 0 Å². The number of hydrogen-bond acceptors (Lipinski definition) is 3. The first-order valence-electron chi connectivity index (χ1n) is 5.32. The van der Waals surface area contributed by atoms with Crippen LogP contribution in [0.2, 0.25) is 0 Å². The molecule has 1 amide bonds. The zero-order valence-corrected chi connectivity index (χ0v) is 8.79. The number of hydrogen-bond donors (Lipinski definition) is 2. The van der Waals surface area contributed by atoms with E-state index >= 15 is 0 Å². The summed E-state index contributed by atoms with van der Waals surface area (Å²) in [4.78, 5) is 11.7. The summed E-state index contributed by atoms with van der Waals surface area (Å²) in [6.07, 6.45) is 2.77. The van der Waals surface area contributed by atoms with Gasteiger partial charge in [0.25, 0.3) is 0 Å². The van der Waals surface area contributed by atoms with Crippen LogP contribution in [0, 0.1) is 5.92 Å². The van der Waals surface area contributed by atoms with Crippen LogP contribution in [0.4, 0.5) is 0 Å². The normalized spacial score (nSPS) is 24.3. The molecule has 2 atom stereocenters. The number of nitrogens with two attached hydrogens (primary N) is 1. The standard InChI is InChI=1S/C10H20N2O2/c1-8(4-5-11)12-10(13)9-3-2-6-14-7-9/h8-9H,2-7,11H2,1H3,(H,12,13). The predicted octanol–water partition coefficient (Wildman–Crippen LogP) is 0.267. The maximum Gasteiger partial charge on any atom is 0.225 e. The van der Waals surface area contributed by atoms with Gasteiger partial charge in [-0.15, -0.1) is 0 Å².